The van der Waals surface area contributed by atoms with Gasteiger partial charge in [0.15, 0.2) is 4.34 Å². The van der Waals surface area contributed by atoms with E-state index in [1.165, 1.54) is 0 Å². The number of nitrogens with zero attached hydrogens (tertiary/aromatic N) is 3. The molecule has 2 aromatic rings. The predicted molar refractivity (Wildman–Crippen MR) is 79.1 cm³/mol. The van der Waals surface area contributed by atoms with Crippen LogP contribution in [-0.2, 0) is 4.79 Å². The number of rotatable bonds is 5. The summed E-state index contributed by atoms with van der Waals surface area (Å²) in [5, 5.41) is 17.9. The van der Waals surface area contributed by atoms with Gasteiger partial charge in [0.25, 0.3) is 5.88 Å². The molecule has 0 saturated carbocycles. The van der Waals surface area contributed by atoms with E-state index in [0.717, 1.165) is 28.7 Å². The zero-order chi connectivity index (χ0) is 14.5. The summed E-state index contributed by atoms with van der Waals surface area (Å²) in [5.41, 5.74) is 6.87. The monoisotopic (exact) mass is 308 g/mol. The largest absolute Gasteiger partial charge is 0.491 e. The average molecular weight is 308 g/mol. The van der Waals surface area contributed by atoms with Crippen molar-refractivity contribution in [2.75, 3.05) is 5.75 Å². The van der Waals surface area contributed by atoms with Crippen LogP contribution in [0.15, 0.2) is 38.8 Å². The van der Waals surface area contributed by atoms with Gasteiger partial charge in [0, 0.05) is 0 Å². The van der Waals surface area contributed by atoms with Crippen LogP contribution >= 0.6 is 23.1 Å². The molecule has 0 aliphatic carbocycles. The van der Waals surface area contributed by atoms with Crippen LogP contribution in [0.1, 0.15) is 5.56 Å². The first-order chi connectivity index (χ1) is 9.54. The fourth-order valence-corrected chi connectivity index (χ4v) is 2.84. The van der Waals surface area contributed by atoms with Crippen molar-refractivity contribution in [3.63, 3.8) is 0 Å². The Balaban J connectivity index is 2.09. The maximum absolute atomic E-state index is 10.7. The van der Waals surface area contributed by atoms with Crippen molar-refractivity contribution >= 4 is 39.7 Å². The van der Waals surface area contributed by atoms with E-state index in [9.17, 15) is 9.90 Å². The Morgan fingerprint density at radius 3 is 2.75 bits per heavy atom. The molecule has 0 unspecified atom stereocenters. The van der Waals surface area contributed by atoms with Crippen LogP contribution in [0.2, 0.25) is 0 Å². The molecule has 20 heavy (non-hydrogen) atoms. The van der Waals surface area contributed by atoms with Crippen molar-refractivity contribution in [3.8, 4) is 5.88 Å². The number of primary amides is 1. The van der Waals surface area contributed by atoms with Crippen LogP contribution in [-0.4, -0.2) is 21.8 Å². The van der Waals surface area contributed by atoms with Gasteiger partial charge in [-0.15, -0.1) is 10.2 Å². The van der Waals surface area contributed by atoms with Crippen molar-refractivity contribution in [2.24, 2.45) is 16.0 Å². The molecule has 0 radical (unpaired) electrons. The summed E-state index contributed by atoms with van der Waals surface area (Å²) < 4.78 is 0.527. The summed E-state index contributed by atoms with van der Waals surface area (Å²) >= 11 is 2.32. The van der Waals surface area contributed by atoms with Gasteiger partial charge in [-0.05, 0) is 19.1 Å². The van der Waals surface area contributed by atoms with E-state index in [1.54, 1.807) is 0 Å². The van der Waals surface area contributed by atoms with Gasteiger partial charge in [0.05, 0.1) is 11.4 Å². The number of aromatic hydroxyl groups is 1. The molecule has 0 saturated heterocycles. The highest BCUT2D eigenvalue weighted by atomic mass is 32.2. The molecule has 8 heteroatoms. The number of hydrogen-bond donors (Lipinski definition) is 2. The van der Waals surface area contributed by atoms with Crippen LogP contribution in [0, 0.1) is 6.92 Å². The zero-order valence-electron chi connectivity index (χ0n) is 10.6. The lowest BCUT2D eigenvalue weighted by molar-refractivity contribution is -0.115. The predicted octanol–water partition coefficient (Wildman–Crippen LogP) is 3.15. The third-order valence-electron chi connectivity index (χ3n) is 2.20. The maximum Gasteiger partial charge on any atom is 0.252 e. The van der Waals surface area contributed by atoms with Gasteiger partial charge in [-0.2, -0.15) is 4.98 Å². The van der Waals surface area contributed by atoms with E-state index in [2.05, 4.69) is 15.2 Å². The van der Waals surface area contributed by atoms with Crippen molar-refractivity contribution in [3.05, 3.63) is 29.8 Å². The second-order valence-corrected chi connectivity index (χ2v) is 6.10. The van der Waals surface area contributed by atoms with E-state index in [-0.39, 0.29) is 11.6 Å². The van der Waals surface area contributed by atoms with Gasteiger partial charge >= 0.3 is 0 Å². The van der Waals surface area contributed by atoms with Crippen molar-refractivity contribution in [2.45, 2.75) is 11.3 Å². The molecule has 0 bridgehead atoms. The Bertz CT molecular complexity index is 637. The molecule has 1 amide bonds. The Labute approximate surface area is 123 Å². The molecule has 1 aromatic heterocycles. The quantitative estimate of drug-likeness (QED) is 0.654. The fourth-order valence-electron chi connectivity index (χ4n) is 1.26. The number of aryl methyl sites for hydroxylation is 1. The number of carbonyl (C=O) groups excluding carboxylic acids is 1. The fraction of sp³-hybridized carbons (Fsp3) is 0.167. The molecule has 0 aliphatic heterocycles. The van der Waals surface area contributed by atoms with E-state index in [0.29, 0.717) is 15.0 Å². The Morgan fingerprint density at radius 1 is 1.40 bits per heavy atom. The molecule has 1 heterocycles. The number of carbonyl (C=O) groups is 1. The van der Waals surface area contributed by atoms with E-state index < -0.39 is 5.91 Å². The van der Waals surface area contributed by atoms with Gasteiger partial charge in [0.1, 0.15) is 0 Å². The number of amides is 1. The summed E-state index contributed by atoms with van der Waals surface area (Å²) in [6.45, 7) is 1.98. The second kappa shape index (κ2) is 6.49. The molecule has 104 valence electrons. The third-order valence-corrected chi connectivity index (χ3v) is 4.29. The lowest BCUT2D eigenvalue weighted by Crippen LogP contribution is -2.12. The van der Waals surface area contributed by atoms with E-state index >= 15 is 0 Å². The molecule has 0 spiro atoms. The normalized spacial score (nSPS) is 11.1. The molecule has 6 nitrogen and oxygen atoms in total. The highest BCUT2D eigenvalue weighted by molar-refractivity contribution is 8.01. The number of thioether (sulfide) groups is 1. The first kappa shape index (κ1) is 14.5. The van der Waals surface area contributed by atoms with Crippen LogP contribution in [0.5, 0.6) is 5.88 Å². The Hall–Kier alpha value is -1.93. The van der Waals surface area contributed by atoms with Crippen LogP contribution in [0.4, 0.5) is 10.7 Å². The summed E-state index contributed by atoms with van der Waals surface area (Å²) in [6.07, 6.45) is 0. The summed E-state index contributed by atoms with van der Waals surface area (Å²) in [6, 6.07) is 7.52. The van der Waals surface area contributed by atoms with Gasteiger partial charge in [-0.3, -0.25) is 4.79 Å². The van der Waals surface area contributed by atoms with Crippen molar-refractivity contribution < 1.29 is 9.90 Å². The topological polar surface area (TPSA) is 101 Å². The van der Waals surface area contributed by atoms with Crippen molar-refractivity contribution in [1.82, 2.24) is 4.98 Å². The molecule has 1 aromatic carbocycles. The molecule has 0 fully saturated rings. The zero-order valence-corrected chi connectivity index (χ0v) is 12.2. The lowest BCUT2D eigenvalue weighted by atomic mass is 10.2. The summed E-state index contributed by atoms with van der Waals surface area (Å²) in [5.74, 6) is -0.521. The molecule has 2 rings (SSSR count). The number of azo groups is 1. The Morgan fingerprint density at radius 2 is 2.10 bits per heavy atom. The lowest BCUT2D eigenvalue weighted by Gasteiger charge is -1.92. The third kappa shape index (κ3) is 4.04. The highest BCUT2D eigenvalue weighted by Crippen LogP contribution is 2.38. The van der Waals surface area contributed by atoms with Crippen molar-refractivity contribution in [1.29, 1.82) is 0 Å². The SMILES string of the molecule is Cc1ccc(N=Nc2sc(SCC(N)=O)nc2O)cc1. The minimum Gasteiger partial charge on any atom is -0.491 e. The number of hydrogen-bond acceptors (Lipinski definition) is 7. The van der Waals surface area contributed by atoms with Gasteiger partial charge < -0.3 is 10.8 Å². The number of benzene rings is 1. The molecule has 0 aliphatic rings. The highest BCUT2D eigenvalue weighted by Gasteiger charge is 2.11. The number of aromatic nitrogens is 1. The van der Waals surface area contributed by atoms with E-state index in [1.807, 2.05) is 31.2 Å². The van der Waals surface area contributed by atoms with Gasteiger partial charge in [-0.1, -0.05) is 40.8 Å². The number of thiazole rings is 1. The summed E-state index contributed by atoms with van der Waals surface area (Å²) in [7, 11) is 0. The van der Waals surface area contributed by atoms with E-state index in [4.69, 9.17) is 5.73 Å². The summed E-state index contributed by atoms with van der Waals surface area (Å²) in [4.78, 5) is 14.6. The number of nitrogens with two attached hydrogens (primary N) is 1. The maximum atomic E-state index is 10.7. The smallest absolute Gasteiger partial charge is 0.252 e. The van der Waals surface area contributed by atoms with Crippen LogP contribution < -0.4 is 5.73 Å². The molecule has 0 atom stereocenters. The average Bonchev–Trinajstić information content (AvgIpc) is 2.76. The second-order valence-electron chi connectivity index (χ2n) is 3.90. The standard InChI is InChI=1S/C12H12N4O2S2/c1-7-2-4-8(5-3-7)15-16-11-10(18)14-12(20-11)19-6-9(13)17/h2-5,18H,6H2,1H3,(H2,13,17). The van der Waals surface area contributed by atoms with Crippen LogP contribution in [0.25, 0.3) is 0 Å². The molecule has 3 N–H and O–H groups in total. The molecular weight excluding hydrogens is 296 g/mol. The van der Waals surface area contributed by atoms with Gasteiger partial charge in [-0.25, -0.2) is 0 Å². The minimum absolute atomic E-state index is 0.113. The van der Waals surface area contributed by atoms with Gasteiger partial charge in [0.2, 0.25) is 10.9 Å². The first-order valence-corrected chi connectivity index (χ1v) is 7.44. The van der Waals surface area contributed by atoms with Crippen LogP contribution in [0.3, 0.4) is 0 Å². The Kier molecular flexibility index (Phi) is 4.70. The minimum atomic E-state index is -0.437. The molecular formula is C12H12N4O2S2. The first-order valence-electron chi connectivity index (χ1n) is 5.64.